The Hall–Kier alpha value is -0.410. The first-order valence-corrected chi connectivity index (χ1v) is 6.86. The summed E-state index contributed by atoms with van der Waals surface area (Å²) >= 11 is 1.78. The molecule has 84 valence electrons. The molecule has 1 aromatic heterocycles. The number of thiazole rings is 1. The van der Waals surface area contributed by atoms with E-state index in [1.807, 2.05) is 6.20 Å². The van der Waals surface area contributed by atoms with E-state index in [0.29, 0.717) is 0 Å². The maximum atomic E-state index is 5.88. The van der Waals surface area contributed by atoms with Gasteiger partial charge in [-0.25, -0.2) is 4.98 Å². The van der Waals surface area contributed by atoms with Gasteiger partial charge in [0.15, 0.2) is 0 Å². The molecule has 2 unspecified atom stereocenters. The van der Waals surface area contributed by atoms with Crippen molar-refractivity contribution in [1.29, 1.82) is 0 Å². The van der Waals surface area contributed by atoms with Crippen molar-refractivity contribution in [2.75, 3.05) is 6.54 Å². The lowest BCUT2D eigenvalue weighted by molar-refractivity contribution is 0.318. The predicted molar refractivity (Wildman–Crippen MR) is 64.9 cm³/mol. The minimum Gasteiger partial charge on any atom is -0.330 e. The Morgan fingerprint density at radius 1 is 1.27 bits per heavy atom. The first-order valence-electron chi connectivity index (χ1n) is 5.98. The van der Waals surface area contributed by atoms with Crippen LogP contribution in [0.25, 0.3) is 0 Å². The van der Waals surface area contributed by atoms with Crippen LogP contribution in [0.15, 0.2) is 11.6 Å². The van der Waals surface area contributed by atoms with E-state index in [-0.39, 0.29) is 0 Å². The zero-order chi connectivity index (χ0) is 10.5. The SMILES string of the molecule is NCC1CCCCCC1Cc1nccs1. The molecule has 1 saturated carbocycles. The van der Waals surface area contributed by atoms with Crippen LogP contribution in [-0.2, 0) is 6.42 Å². The number of aromatic nitrogens is 1. The molecular weight excluding hydrogens is 204 g/mol. The second-order valence-electron chi connectivity index (χ2n) is 4.52. The van der Waals surface area contributed by atoms with Gasteiger partial charge in [-0.1, -0.05) is 19.3 Å². The molecule has 0 aliphatic heterocycles. The summed E-state index contributed by atoms with van der Waals surface area (Å²) < 4.78 is 0. The van der Waals surface area contributed by atoms with Gasteiger partial charge in [0.05, 0.1) is 5.01 Å². The highest BCUT2D eigenvalue weighted by atomic mass is 32.1. The standard InChI is InChI=1S/C12H20N2S/c13-9-11-5-3-1-2-4-10(11)8-12-14-6-7-15-12/h6-7,10-11H,1-5,8-9,13H2. The van der Waals surface area contributed by atoms with E-state index < -0.39 is 0 Å². The first kappa shape index (κ1) is 11.1. The summed E-state index contributed by atoms with van der Waals surface area (Å²) in [5, 5.41) is 3.36. The molecule has 0 spiro atoms. The Labute approximate surface area is 95.9 Å². The molecule has 1 heterocycles. The van der Waals surface area contributed by atoms with E-state index in [0.717, 1.165) is 24.8 Å². The van der Waals surface area contributed by atoms with E-state index in [4.69, 9.17) is 5.73 Å². The molecule has 0 saturated heterocycles. The molecule has 2 rings (SSSR count). The molecule has 15 heavy (non-hydrogen) atoms. The fraction of sp³-hybridized carbons (Fsp3) is 0.750. The van der Waals surface area contributed by atoms with Crippen molar-refractivity contribution in [3.05, 3.63) is 16.6 Å². The smallest absolute Gasteiger partial charge is 0.0927 e. The molecular formula is C12H20N2S. The highest BCUT2D eigenvalue weighted by molar-refractivity contribution is 7.09. The lowest BCUT2D eigenvalue weighted by atomic mass is 9.86. The van der Waals surface area contributed by atoms with E-state index in [9.17, 15) is 0 Å². The van der Waals surface area contributed by atoms with Crippen LogP contribution in [0.5, 0.6) is 0 Å². The van der Waals surface area contributed by atoms with Crippen LogP contribution in [-0.4, -0.2) is 11.5 Å². The van der Waals surface area contributed by atoms with E-state index in [2.05, 4.69) is 10.4 Å². The molecule has 2 nitrogen and oxygen atoms in total. The van der Waals surface area contributed by atoms with E-state index in [1.54, 1.807) is 11.3 Å². The maximum absolute atomic E-state index is 5.88. The Morgan fingerprint density at radius 3 is 2.73 bits per heavy atom. The van der Waals surface area contributed by atoms with Crippen molar-refractivity contribution < 1.29 is 0 Å². The molecule has 2 atom stereocenters. The highest BCUT2D eigenvalue weighted by Crippen LogP contribution is 2.31. The number of nitrogens with zero attached hydrogens (tertiary/aromatic N) is 1. The quantitative estimate of drug-likeness (QED) is 0.802. The topological polar surface area (TPSA) is 38.9 Å². The number of hydrogen-bond acceptors (Lipinski definition) is 3. The first-order chi connectivity index (χ1) is 7.40. The van der Waals surface area contributed by atoms with Crippen molar-refractivity contribution in [2.24, 2.45) is 17.6 Å². The third-order valence-corrected chi connectivity index (χ3v) is 4.34. The molecule has 0 amide bonds. The van der Waals surface area contributed by atoms with Gasteiger partial charge in [0.2, 0.25) is 0 Å². The zero-order valence-electron chi connectivity index (χ0n) is 9.19. The average Bonchev–Trinajstić information content (AvgIpc) is 2.64. The highest BCUT2D eigenvalue weighted by Gasteiger charge is 2.23. The Morgan fingerprint density at radius 2 is 2.07 bits per heavy atom. The number of nitrogens with two attached hydrogens (primary N) is 1. The molecule has 3 heteroatoms. The fourth-order valence-corrected chi connectivity index (χ4v) is 3.33. The maximum Gasteiger partial charge on any atom is 0.0927 e. The summed E-state index contributed by atoms with van der Waals surface area (Å²) in [6.45, 7) is 0.857. The summed E-state index contributed by atoms with van der Waals surface area (Å²) in [7, 11) is 0. The molecule has 1 aliphatic carbocycles. The molecule has 0 bridgehead atoms. The van der Waals surface area contributed by atoms with Gasteiger partial charge in [-0.3, -0.25) is 0 Å². The van der Waals surface area contributed by atoms with Crippen molar-refractivity contribution in [2.45, 2.75) is 38.5 Å². The minimum atomic E-state index is 0.733. The van der Waals surface area contributed by atoms with Gasteiger partial charge in [-0.05, 0) is 31.2 Å². The van der Waals surface area contributed by atoms with Gasteiger partial charge in [-0.15, -0.1) is 11.3 Å². The van der Waals surface area contributed by atoms with Crippen LogP contribution >= 0.6 is 11.3 Å². The average molecular weight is 224 g/mol. The largest absolute Gasteiger partial charge is 0.330 e. The van der Waals surface area contributed by atoms with Crippen LogP contribution in [0.1, 0.15) is 37.1 Å². The van der Waals surface area contributed by atoms with Gasteiger partial charge in [-0.2, -0.15) is 0 Å². The summed E-state index contributed by atoms with van der Waals surface area (Å²) in [5.74, 6) is 1.51. The van der Waals surface area contributed by atoms with Gasteiger partial charge >= 0.3 is 0 Å². The van der Waals surface area contributed by atoms with Gasteiger partial charge < -0.3 is 5.73 Å². The molecule has 0 aromatic carbocycles. The normalized spacial score (nSPS) is 27.5. The minimum absolute atomic E-state index is 0.733. The van der Waals surface area contributed by atoms with Crippen molar-refractivity contribution in [3.63, 3.8) is 0 Å². The van der Waals surface area contributed by atoms with Crippen LogP contribution in [0, 0.1) is 11.8 Å². The zero-order valence-corrected chi connectivity index (χ0v) is 10.0. The third-order valence-electron chi connectivity index (χ3n) is 3.54. The van der Waals surface area contributed by atoms with Crippen LogP contribution in [0.4, 0.5) is 0 Å². The second-order valence-corrected chi connectivity index (χ2v) is 5.50. The predicted octanol–water partition coefficient (Wildman–Crippen LogP) is 2.84. The molecule has 1 aliphatic rings. The van der Waals surface area contributed by atoms with Gasteiger partial charge in [0.1, 0.15) is 0 Å². The fourth-order valence-electron chi connectivity index (χ4n) is 2.62. The number of hydrogen-bond donors (Lipinski definition) is 1. The van der Waals surface area contributed by atoms with Crippen LogP contribution < -0.4 is 5.73 Å². The van der Waals surface area contributed by atoms with Crippen LogP contribution in [0.3, 0.4) is 0 Å². The van der Waals surface area contributed by atoms with Gasteiger partial charge in [0.25, 0.3) is 0 Å². The molecule has 2 N–H and O–H groups in total. The Balaban J connectivity index is 1.97. The monoisotopic (exact) mass is 224 g/mol. The lowest BCUT2D eigenvalue weighted by Crippen LogP contribution is -2.24. The number of rotatable bonds is 3. The van der Waals surface area contributed by atoms with Crippen molar-refractivity contribution >= 4 is 11.3 Å². The second kappa shape index (κ2) is 5.61. The Kier molecular flexibility index (Phi) is 4.15. The van der Waals surface area contributed by atoms with E-state index in [1.165, 1.54) is 37.1 Å². The van der Waals surface area contributed by atoms with E-state index >= 15 is 0 Å². The van der Waals surface area contributed by atoms with Crippen molar-refractivity contribution in [1.82, 2.24) is 4.98 Å². The molecule has 0 radical (unpaired) electrons. The Bertz CT molecular complexity index is 271. The molecule has 1 fully saturated rings. The summed E-state index contributed by atoms with van der Waals surface area (Å²) in [4.78, 5) is 4.39. The summed E-state index contributed by atoms with van der Waals surface area (Å²) in [6.07, 6.45) is 9.88. The van der Waals surface area contributed by atoms with Crippen LogP contribution in [0.2, 0.25) is 0 Å². The van der Waals surface area contributed by atoms with Gasteiger partial charge in [0, 0.05) is 18.0 Å². The summed E-state index contributed by atoms with van der Waals surface area (Å²) in [6, 6.07) is 0. The van der Waals surface area contributed by atoms with Crippen molar-refractivity contribution in [3.8, 4) is 0 Å². The summed E-state index contributed by atoms with van der Waals surface area (Å²) in [5.41, 5.74) is 5.88. The lowest BCUT2D eigenvalue weighted by Gasteiger charge is -2.22. The molecule has 1 aromatic rings. The third kappa shape index (κ3) is 3.02.